The molecule has 1 aliphatic rings. The van der Waals surface area contributed by atoms with E-state index in [2.05, 4.69) is 182 Å². The first-order valence-corrected chi connectivity index (χ1v) is 18.4. The highest BCUT2D eigenvalue weighted by molar-refractivity contribution is 6.59. The monoisotopic (exact) mass is 688 g/mol. The van der Waals surface area contributed by atoms with Crippen molar-refractivity contribution in [3.05, 3.63) is 241 Å². The summed E-state index contributed by atoms with van der Waals surface area (Å²) < 4.78 is 0. The minimum Gasteiger partial charge on any atom is -0.289 e. The molecule has 9 rings (SSSR count). The van der Waals surface area contributed by atoms with Gasteiger partial charge in [0.1, 0.15) is 0 Å². The van der Waals surface area contributed by atoms with Gasteiger partial charge in [-0.3, -0.25) is 4.79 Å². The summed E-state index contributed by atoms with van der Waals surface area (Å²) in [4.78, 5) is 15.6. The molecule has 1 nitrogen and oxygen atoms in total. The maximum absolute atomic E-state index is 15.6. The Morgan fingerprint density at radius 3 is 0.759 bits per heavy atom. The van der Waals surface area contributed by atoms with Crippen LogP contribution in [0, 0.1) is 0 Å². The SMILES string of the molecule is O=C1C(c2ccc(-c3ccccc3)c(-c3ccccc3)c2)=C(c2ccccc2)C(c2ccccc2)=C1c1ccc(-c2ccccc2)c(-c2ccccc2)c1. The lowest BCUT2D eigenvalue weighted by Gasteiger charge is -2.16. The van der Waals surface area contributed by atoms with Crippen molar-refractivity contribution >= 4 is 28.1 Å². The Morgan fingerprint density at radius 1 is 0.204 bits per heavy atom. The van der Waals surface area contributed by atoms with Gasteiger partial charge < -0.3 is 0 Å². The molecule has 8 aromatic carbocycles. The maximum Gasteiger partial charge on any atom is 0.195 e. The molecule has 0 fully saturated rings. The number of hydrogen-bond acceptors (Lipinski definition) is 1. The lowest BCUT2D eigenvalue weighted by Crippen LogP contribution is -2.03. The molecular formula is C53H36O. The smallest absolute Gasteiger partial charge is 0.195 e. The fourth-order valence-corrected chi connectivity index (χ4v) is 7.79. The van der Waals surface area contributed by atoms with Gasteiger partial charge in [0.25, 0.3) is 0 Å². The van der Waals surface area contributed by atoms with Gasteiger partial charge in [0.05, 0.1) is 0 Å². The van der Waals surface area contributed by atoms with Gasteiger partial charge in [-0.2, -0.15) is 0 Å². The molecule has 0 unspecified atom stereocenters. The number of benzene rings is 8. The van der Waals surface area contributed by atoms with Gasteiger partial charge in [0, 0.05) is 22.3 Å². The Hall–Kier alpha value is -7.09. The molecule has 1 heteroatoms. The Bertz CT molecular complexity index is 2470. The van der Waals surface area contributed by atoms with Crippen LogP contribution < -0.4 is 0 Å². The molecule has 0 N–H and O–H groups in total. The molecule has 0 spiro atoms. The van der Waals surface area contributed by atoms with Crippen molar-refractivity contribution < 1.29 is 4.79 Å². The molecule has 0 saturated heterocycles. The summed E-state index contributed by atoms with van der Waals surface area (Å²) in [6, 6.07) is 75.8. The molecule has 0 atom stereocenters. The molecular weight excluding hydrogens is 653 g/mol. The average Bonchev–Trinajstić information content (AvgIpc) is 3.57. The van der Waals surface area contributed by atoms with Crippen LogP contribution in [0.3, 0.4) is 0 Å². The first kappa shape index (κ1) is 32.8. The lowest BCUT2D eigenvalue weighted by atomic mass is 9.87. The minimum absolute atomic E-state index is 0.0191. The molecule has 254 valence electrons. The zero-order valence-electron chi connectivity index (χ0n) is 29.7. The molecule has 8 aromatic rings. The van der Waals surface area contributed by atoms with Crippen molar-refractivity contribution in [2.45, 2.75) is 0 Å². The van der Waals surface area contributed by atoms with Gasteiger partial charge >= 0.3 is 0 Å². The average molecular weight is 689 g/mol. The second kappa shape index (κ2) is 14.5. The summed E-state index contributed by atoms with van der Waals surface area (Å²) in [6.45, 7) is 0. The molecule has 0 bridgehead atoms. The van der Waals surface area contributed by atoms with Crippen molar-refractivity contribution in [3.8, 4) is 44.5 Å². The minimum atomic E-state index is 0.0191. The number of hydrogen-bond donors (Lipinski definition) is 0. The number of allylic oxidation sites excluding steroid dienone is 4. The van der Waals surface area contributed by atoms with E-state index in [1.807, 2.05) is 36.4 Å². The Kier molecular flexibility index (Phi) is 8.81. The van der Waals surface area contributed by atoms with E-state index in [9.17, 15) is 0 Å². The third-order valence-electron chi connectivity index (χ3n) is 10.3. The van der Waals surface area contributed by atoms with Crippen molar-refractivity contribution in [2.75, 3.05) is 0 Å². The van der Waals surface area contributed by atoms with E-state index in [1.165, 1.54) is 0 Å². The summed E-state index contributed by atoms with van der Waals surface area (Å²) in [5, 5.41) is 0. The van der Waals surface area contributed by atoms with E-state index in [0.717, 1.165) is 77.9 Å². The first-order valence-electron chi connectivity index (χ1n) is 18.4. The predicted octanol–water partition coefficient (Wildman–Crippen LogP) is 13.5. The number of rotatable bonds is 8. The largest absolute Gasteiger partial charge is 0.289 e. The van der Waals surface area contributed by atoms with Crippen LogP contribution >= 0.6 is 0 Å². The van der Waals surface area contributed by atoms with Crippen LogP contribution in [0.5, 0.6) is 0 Å². The number of Topliss-reactive ketones (excluding diaryl/α,β-unsaturated/α-hetero) is 1. The number of ketones is 1. The third kappa shape index (κ3) is 6.12. The van der Waals surface area contributed by atoms with E-state index >= 15 is 4.79 Å². The zero-order valence-corrected chi connectivity index (χ0v) is 29.7. The molecule has 0 heterocycles. The summed E-state index contributed by atoms with van der Waals surface area (Å²) in [7, 11) is 0. The second-order valence-electron chi connectivity index (χ2n) is 13.5. The lowest BCUT2D eigenvalue weighted by molar-refractivity contribution is -0.108. The quantitative estimate of drug-likeness (QED) is 0.155. The zero-order chi connectivity index (χ0) is 36.3. The Balaban J connectivity index is 1.31. The van der Waals surface area contributed by atoms with Crippen LogP contribution in [0.4, 0.5) is 0 Å². The van der Waals surface area contributed by atoms with Crippen molar-refractivity contribution in [1.29, 1.82) is 0 Å². The van der Waals surface area contributed by atoms with E-state index in [4.69, 9.17) is 0 Å². The van der Waals surface area contributed by atoms with Crippen molar-refractivity contribution in [2.24, 2.45) is 0 Å². The normalized spacial score (nSPS) is 12.7. The van der Waals surface area contributed by atoms with Crippen molar-refractivity contribution in [3.63, 3.8) is 0 Å². The molecule has 0 saturated carbocycles. The standard InChI is InChI=1S/C53H36O/c54-53-51(43-31-33-45(37-19-7-1-8-20-37)47(35-43)39-23-11-3-12-24-39)49(41-27-15-5-16-28-41)50(42-29-17-6-18-30-42)52(53)44-32-34-46(38-21-9-2-10-22-38)48(36-44)40-25-13-4-14-26-40/h1-36H. The fraction of sp³-hybridized carbons (Fsp3) is 0. The first-order chi connectivity index (χ1) is 26.7. The summed E-state index contributed by atoms with van der Waals surface area (Å²) in [5.74, 6) is 0.0191. The van der Waals surface area contributed by atoms with Gasteiger partial charge in [-0.05, 0) is 78.9 Å². The highest BCUT2D eigenvalue weighted by atomic mass is 16.1. The number of carbonyl (C=O) groups excluding carboxylic acids is 1. The highest BCUT2D eigenvalue weighted by Crippen LogP contribution is 2.51. The molecule has 0 amide bonds. The second-order valence-corrected chi connectivity index (χ2v) is 13.5. The predicted molar refractivity (Wildman–Crippen MR) is 226 cm³/mol. The molecule has 54 heavy (non-hydrogen) atoms. The van der Waals surface area contributed by atoms with Crippen LogP contribution in [0.1, 0.15) is 22.3 Å². The summed E-state index contributed by atoms with van der Waals surface area (Å²) in [5.41, 5.74) is 16.0. The van der Waals surface area contributed by atoms with Crippen LogP contribution in [0.25, 0.3) is 66.8 Å². The van der Waals surface area contributed by atoms with Crippen LogP contribution in [0.2, 0.25) is 0 Å². The van der Waals surface area contributed by atoms with Gasteiger partial charge in [0.2, 0.25) is 0 Å². The van der Waals surface area contributed by atoms with Crippen LogP contribution in [-0.4, -0.2) is 5.78 Å². The maximum atomic E-state index is 15.6. The van der Waals surface area contributed by atoms with Gasteiger partial charge in [-0.15, -0.1) is 0 Å². The van der Waals surface area contributed by atoms with Gasteiger partial charge in [0.15, 0.2) is 5.78 Å². The molecule has 0 aromatic heterocycles. The summed E-state index contributed by atoms with van der Waals surface area (Å²) >= 11 is 0. The topological polar surface area (TPSA) is 17.1 Å². The summed E-state index contributed by atoms with van der Waals surface area (Å²) in [6.07, 6.45) is 0. The van der Waals surface area contributed by atoms with E-state index in [0.29, 0.717) is 11.1 Å². The highest BCUT2D eigenvalue weighted by Gasteiger charge is 2.36. The fourth-order valence-electron chi connectivity index (χ4n) is 7.79. The van der Waals surface area contributed by atoms with E-state index in [1.54, 1.807) is 0 Å². The van der Waals surface area contributed by atoms with Crippen molar-refractivity contribution in [1.82, 2.24) is 0 Å². The third-order valence-corrected chi connectivity index (χ3v) is 10.3. The van der Waals surface area contributed by atoms with Gasteiger partial charge in [-0.25, -0.2) is 0 Å². The molecule has 0 aliphatic heterocycles. The Morgan fingerprint density at radius 2 is 0.463 bits per heavy atom. The van der Waals surface area contributed by atoms with Crippen LogP contribution in [-0.2, 0) is 4.79 Å². The molecule has 1 aliphatic carbocycles. The van der Waals surface area contributed by atoms with E-state index in [-0.39, 0.29) is 5.78 Å². The van der Waals surface area contributed by atoms with Crippen LogP contribution in [0.15, 0.2) is 218 Å². The molecule has 0 radical (unpaired) electrons. The van der Waals surface area contributed by atoms with E-state index < -0.39 is 0 Å². The van der Waals surface area contributed by atoms with Gasteiger partial charge in [-0.1, -0.05) is 206 Å². The Labute approximate surface area is 316 Å². The number of carbonyl (C=O) groups is 1.